The van der Waals surface area contributed by atoms with E-state index in [1.165, 1.54) is 15.6 Å². The number of rotatable bonds is 5. The van der Waals surface area contributed by atoms with Crippen molar-refractivity contribution in [3.63, 3.8) is 0 Å². The Morgan fingerprint density at radius 2 is 2.00 bits per heavy atom. The molecule has 2 heterocycles. The second-order valence-corrected chi connectivity index (χ2v) is 5.14. The number of carbonyl (C=O) groups is 1. The van der Waals surface area contributed by atoms with Gasteiger partial charge in [-0.2, -0.15) is 4.68 Å². The van der Waals surface area contributed by atoms with Crippen LogP contribution in [-0.4, -0.2) is 37.1 Å². The summed E-state index contributed by atoms with van der Waals surface area (Å²) < 4.78 is 7.77. The summed E-state index contributed by atoms with van der Waals surface area (Å²) in [6.45, 7) is 3.78. The molecule has 0 saturated heterocycles. The highest BCUT2D eigenvalue weighted by Crippen LogP contribution is 2.14. The lowest BCUT2D eigenvalue weighted by Crippen LogP contribution is -2.31. The molecule has 0 amide bonds. The number of fused-ring (bicyclic) bond motifs is 1. The second-order valence-electron chi connectivity index (χ2n) is 5.14. The van der Waals surface area contributed by atoms with E-state index in [1.807, 2.05) is 30.3 Å². The Morgan fingerprint density at radius 3 is 2.67 bits per heavy atom. The van der Waals surface area contributed by atoms with Crippen molar-refractivity contribution in [1.82, 2.24) is 24.5 Å². The standard InChI is InChI=1S/C16H17N5O3/c1-3-12(16(23)24-4-2)20-10-17-14-13(15(20)22)18-19-21(14)11-8-6-5-7-9-11/h5-10,12H,3-4H2,1-2H3/t12-/m0/s1. The molecular weight excluding hydrogens is 310 g/mol. The number of esters is 1. The van der Waals surface area contributed by atoms with Crippen molar-refractivity contribution >= 4 is 17.1 Å². The van der Waals surface area contributed by atoms with Gasteiger partial charge in [0.15, 0.2) is 11.2 Å². The fourth-order valence-corrected chi connectivity index (χ4v) is 2.50. The first-order valence-electron chi connectivity index (χ1n) is 7.72. The lowest BCUT2D eigenvalue weighted by Gasteiger charge is -2.15. The summed E-state index contributed by atoms with van der Waals surface area (Å²) in [4.78, 5) is 29.0. The Labute approximate surface area is 137 Å². The van der Waals surface area contributed by atoms with Crippen LogP contribution in [0.1, 0.15) is 26.3 Å². The number of nitrogens with zero attached hydrogens (tertiary/aromatic N) is 5. The van der Waals surface area contributed by atoms with Gasteiger partial charge >= 0.3 is 5.97 Å². The molecule has 8 nitrogen and oxygen atoms in total. The number of para-hydroxylation sites is 1. The van der Waals surface area contributed by atoms with E-state index in [4.69, 9.17) is 4.74 Å². The van der Waals surface area contributed by atoms with Crippen molar-refractivity contribution in [1.29, 1.82) is 0 Å². The van der Waals surface area contributed by atoms with E-state index in [-0.39, 0.29) is 12.1 Å². The average Bonchev–Trinajstić information content (AvgIpc) is 3.03. The van der Waals surface area contributed by atoms with Crippen LogP contribution < -0.4 is 5.56 Å². The minimum Gasteiger partial charge on any atom is -0.464 e. The maximum atomic E-state index is 12.7. The van der Waals surface area contributed by atoms with E-state index in [2.05, 4.69) is 15.3 Å². The molecule has 3 aromatic rings. The highest BCUT2D eigenvalue weighted by atomic mass is 16.5. The second kappa shape index (κ2) is 6.61. The largest absolute Gasteiger partial charge is 0.464 e. The molecule has 0 fully saturated rings. The molecular formula is C16H17N5O3. The first-order valence-corrected chi connectivity index (χ1v) is 7.72. The molecule has 24 heavy (non-hydrogen) atoms. The molecule has 2 aromatic heterocycles. The Hall–Kier alpha value is -3.03. The predicted octanol–water partition coefficient (Wildman–Crippen LogP) is 1.49. The van der Waals surface area contributed by atoms with Gasteiger partial charge in [-0.3, -0.25) is 9.36 Å². The molecule has 0 unspecified atom stereocenters. The van der Waals surface area contributed by atoms with Crippen LogP contribution >= 0.6 is 0 Å². The van der Waals surface area contributed by atoms with Crippen molar-refractivity contribution in [2.45, 2.75) is 26.3 Å². The van der Waals surface area contributed by atoms with Gasteiger partial charge in [0.2, 0.25) is 0 Å². The average molecular weight is 327 g/mol. The fourth-order valence-electron chi connectivity index (χ4n) is 2.50. The monoisotopic (exact) mass is 327 g/mol. The van der Waals surface area contributed by atoms with Gasteiger partial charge in [0, 0.05) is 0 Å². The van der Waals surface area contributed by atoms with Crippen LogP contribution in [0.3, 0.4) is 0 Å². The van der Waals surface area contributed by atoms with E-state index in [0.29, 0.717) is 12.1 Å². The number of carbonyl (C=O) groups excluding carboxylic acids is 1. The SMILES string of the molecule is CCOC(=O)[C@H](CC)n1cnc2c(nnn2-c2ccccc2)c1=O. The molecule has 0 N–H and O–H groups in total. The fraction of sp³-hybridized carbons (Fsp3) is 0.312. The summed E-state index contributed by atoms with van der Waals surface area (Å²) in [7, 11) is 0. The summed E-state index contributed by atoms with van der Waals surface area (Å²) >= 11 is 0. The van der Waals surface area contributed by atoms with Gasteiger partial charge in [-0.1, -0.05) is 30.3 Å². The minimum atomic E-state index is -0.726. The highest BCUT2D eigenvalue weighted by Gasteiger charge is 2.23. The van der Waals surface area contributed by atoms with E-state index >= 15 is 0 Å². The number of aromatic nitrogens is 5. The van der Waals surface area contributed by atoms with Crippen LogP contribution in [0, 0.1) is 0 Å². The first-order chi connectivity index (χ1) is 11.7. The van der Waals surface area contributed by atoms with Crippen molar-refractivity contribution in [2.24, 2.45) is 0 Å². The number of hydrogen-bond acceptors (Lipinski definition) is 6. The molecule has 0 radical (unpaired) electrons. The van der Waals surface area contributed by atoms with E-state index in [9.17, 15) is 9.59 Å². The van der Waals surface area contributed by atoms with Gasteiger partial charge in [0.1, 0.15) is 12.4 Å². The summed E-state index contributed by atoms with van der Waals surface area (Å²) in [5, 5.41) is 7.95. The van der Waals surface area contributed by atoms with Gasteiger partial charge in [0.05, 0.1) is 12.3 Å². The van der Waals surface area contributed by atoms with Crippen LogP contribution in [0.25, 0.3) is 16.9 Å². The summed E-state index contributed by atoms with van der Waals surface area (Å²) in [6, 6.07) is 8.56. The minimum absolute atomic E-state index is 0.115. The van der Waals surface area contributed by atoms with Crippen LogP contribution in [-0.2, 0) is 9.53 Å². The van der Waals surface area contributed by atoms with E-state index in [1.54, 1.807) is 13.8 Å². The van der Waals surface area contributed by atoms with Crippen LogP contribution in [0.4, 0.5) is 0 Å². The van der Waals surface area contributed by atoms with Gasteiger partial charge in [-0.25, -0.2) is 9.78 Å². The van der Waals surface area contributed by atoms with Crippen molar-refractivity contribution < 1.29 is 9.53 Å². The molecule has 8 heteroatoms. The molecule has 124 valence electrons. The number of ether oxygens (including phenoxy) is 1. The van der Waals surface area contributed by atoms with Gasteiger partial charge in [0.25, 0.3) is 5.56 Å². The predicted molar refractivity (Wildman–Crippen MR) is 86.9 cm³/mol. The molecule has 1 atom stereocenters. The van der Waals surface area contributed by atoms with Gasteiger partial charge in [-0.05, 0) is 25.5 Å². The third-order valence-electron chi connectivity index (χ3n) is 3.67. The zero-order chi connectivity index (χ0) is 17.1. The molecule has 0 aliphatic heterocycles. The quantitative estimate of drug-likeness (QED) is 0.659. The topological polar surface area (TPSA) is 91.9 Å². The molecule has 0 saturated carbocycles. The first kappa shape index (κ1) is 15.9. The highest BCUT2D eigenvalue weighted by molar-refractivity contribution is 5.75. The number of hydrogen-bond donors (Lipinski definition) is 0. The lowest BCUT2D eigenvalue weighted by atomic mass is 10.2. The van der Waals surface area contributed by atoms with E-state index < -0.39 is 17.6 Å². The maximum absolute atomic E-state index is 12.7. The molecule has 0 aliphatic rings. The van der Waals surface area contributed by atoms with E-state index in [0.717, 1.165) is 5.69 Å². The third kappa shape index (κ3) is 2.66. The summed E-state index contributed by atoms with van der Waals surface area (Å²) in [5.41, 5.74) is 0.800. The Bertz CT molecular complexity index is 916. The molecule has 3 rings (SSSR count). The van der Waals surface area contributed by atoms with Crippen molar-refractivity contribution in [2.75, 3.05) is 6.61 Å². The molecule has 0 aliphatic carbocycles. The van der Waals surface area contributed by atoms with Crippen LogP contribution in [0.15, 0.2) is 41.5 Å². The van der Waals surface area contributed by atoms with Gasteiger partial charge in [-0.15, -0.1) is 5.10 Å². The zero-order valence-electron chi connectivity index (χ0n) is 13.4. The third-order valence-corrected chi connectivity index (χ3v) is 3.67. The van der Waals surface area contributed by atoms with Crippen molar-refractivity contribution in [3.05, 3.63) is 47.0 Å². The van der Waals surface area contributed by atoms with Gasteiger partial charge < -0.3 is 4.74 Å². The van der Waals surface area contributed by atoms with Crippen LogP contribution in [0.5, 0.6) is 0 Å². The summed E-state index contributed by atoms with van der Waals surface area (Å²) in [6.07, 6.45) is 1.76. The van der Waals surface area contributed by atoms with Crippen molar-refractivity contribution in [3.8, 4) is 5.69 Å². The smallest absolute Gasteiger partial charge is 0.329 e. The molecule has 1 aromatic carbocycles. The lowest BCUT2D eigenvalue weighted by molar-refractivity contribution is -0.147. The van der Waals surface area contributed by atoms with Crippen LogP contribution in [0.2, 0.25) is 0 Å². The number of benzene rings is 1. The Kier molecular flexibility index (Phi) is 4.37. The Balaban J connectivity index is 2.10. The Morgan fingerprint density at radius 1 is 1.25 bits per heavy atom. The zero-order valence-corrected chi connectivity index (χ0v) is 13.4. The molecule has 0 spiro atoms. The summed E-state index contributed by atoms with van der Waals surface area (Å²) in [5.74, 6) is -0.460. The maximum Gasteiger partial charge on any atom is 0.329 e. The normalized spacial score (nSPS) is 12.2. The molecule has 0 bridgehead atoms.